The van der Waals surface area contributed by atoms with E-state index >= 15 is 0 Å². The lowest BCUT2D eigenvalue weighted by Gasteiger charge is -2.28. The average molecular weight is 467 g/mol. The van der Waals surface area contributed by atoms with Gasteiger partial charge in [-0.2, -0.15) is 0 Å². The highest BCUT2D eigenvalue weighted by atomic mass is 32.2. The molecule has 8 nitrogen and oxygen atoms in total. The molecule has 3 aromatic rings. The van der Waals surface area contributed by atoms with E-state index in [0.29, 0.717) is 24.1 Å². The van der Waals surface area contributed by atoms with Gasteiger partial charge in [0.1, 0.15) is 0 Å². The van der Waals surface area contributed by atoms with Crippen molar-refractivity contribution in [3.63, 3.8) is 0 Å². The summed E-state index contributed by atoms with van der Waals surface area (Å²) in [7, 11) is 0. The van der Waals surface area contributed by atoms with Gasteiger partial charge in [0.25, 0.3) is 5.91 Å². The number of aromatic nitrogens is 2. The number of para-hydroxylation sites is 1. The number of carbonyl (C=O) groups excluding carboxylic acids is 2. The van der Waals surface area contributed by atoms with Gasteiger partial charge in [0.05, 0.1) is 19.4 Å². The summed E-state index contributed by atoms with van der Waals surface area (Å²) < 4.78 is 12.6. The van der Waals surface area contributed by atoms with E-state index in [1.807, 2.05) is 60.9 Å². The molecule has 33 heavy (non-hydrogen) atoms. The van der Waals surface area contributed by atoms with Crippen LogP contribution in [0.3, 0.4) is 0 Å². The van der Waals surface area contributed by atoms with E-state index in [-0.39, 0.29) is 5.69 Å². The predicted octanol–water partition coefficient (Wildman–Crippen LogP) is 3.61. The molecule has 1 saturated heterocycles. The Kier molecular flexibility index (Phi) is 7.31. The second-order valence-corrected chi connectivity index (χ2v) is 8.26. The van der Waals surface area contributed by atoms with Crippen LogP contribution in [-0.2, 0) is 14.3 Å². The largest absolute Gasteiger partial charge is 0.448 e. The first-order chi connectivity index (χ1) is 16.1. The fourth-order valence-corrected chi connectivity index (χ4v) is 4.09. The molecule has 9 heteroatoms. The van der Waals surface area contributed by atoms with Crippen LogP contribution >= 0.6 is 11.8 Å². The van der Waals surface area contributed by atoms with Crippen LogP contribution in [-0.4, -0.2) is 60.1 Å². The summed E-state index contributed by atoms with van der Waals surface area (Å²) in [5, 5.41) is 3.46. The van der Waals surface area contributed by atoms with Crippen LogP contribution in [0, 0.1) is 0 Å². The first-order valence-corrected chi connectivity index (χ1v) is 11.9. The molecule has 1 fully saturated rings. The summed E-state index contributed by atoms with van der Waals surface area (Å²) in [6.07, 6.45) is 2.38. The van der Waals surface area contributed by atoms with Crippen molar-refractivity contribution in [2.45, 2.75) is 18.2 Å². The Labute approximate surface area is 196 Å². The number of carbonyl (C=O) groups is 2. The minimum atomic E-state index is -0.978. The Morgan fingerprint density at radius 1 is 1.06 bits per heavy atom. The van der Waals surface area contributed by atoms with Gasteiger partial charge in [-0.3, -0.25) is 9.36 Å². The number of nitrogens with zero attached hydrogens (tertiary/aromatic N) is 3. The van der Waals surface area contributed by atoms with E-state index in [4.69, 9.17) is 9.47 Å². The first kappa shape index (κ1) is 22.9. The van der Waals surface area contributed by atoms with E-state index in [1.165, 1.54) is 18.0 Å². The Bertz CT molecular complexity index is 1100. The van der Waals surface area contributed by atoms with Crippen LogP contribution in [0.2, 0.25) is 0 Å². The maximum atomic E-state index is 12.9. The number of hydrogen-bond acceptors (Lipinski definition) is 7. The van der Waals surface area contributed by atoms with Gasteiger partial charge in [-0.25, -0.2) is 9.78 Å². The highest BCUT2D eigenvalue weighted by Crippen LogP contribution is 2.23. The zero-order valence-corrected chi connectivity index (χ0v) is 19.4. The van der Waals surface area contributed by atoms with E-state index in [2.05, 4.69) is 15.2 Å². The lowest BCUT2D eigenvalue weighted by Crippen LogP contribution is -2.36. The molecule has 4 rings (SSSR count). The van der Waals surface area contributed by atoms with Gasteiger partial charge in [0.15, 0.2) is 17.0 Å². The van der Waals surface area contributed by atoms with Gasteiger partial charge in [-0.1, -0.05) is 30.0 Å². The van der Waals surface area contributed by atoms with Crippen molar-refractivity contribution in [1.29, 1.82) is 0 Å². The van der Waals surface area contributed by atoms with E-state index in [1.54, 1.807) is 11.5 Å². The van der Waals surface area contributed by atoms with Gasteiger partial charge in [0, 0.05) is 30.2 Å². The summed E-state index contributed by atoms with van der Waals surface area (Å²) in [5.74, 6) is -1.02. The van der Waals surface area contributed by atoms with Gasteiger partial charge < -0.3 is 19.7 Å². The number of rotatable bonds is 7. The smallest absolute Gasteiger partial charge is 0.357 e. The highest BCUT2D eigenvalue weighted by molar-refractivity contribution is 7.98. The van der Waals surface area contributed by atoms with Crippen molar-refractivity contribution in [1.82, 2.24) is 9.55 Å². The topological polar surface area (TPSA) is 85.7 Å². The van der Waals surface area contributed by atoms with Gasteiger partial charge >= 0.3 is 5.97 Å². The molecule has 0 aliphatic carbocycles. The monoisotopic (exact) mass is 466 g/mol. The maximum Gasteiger partial charge on any atom is 0.357 e. The van der Waals surface area contributed by atoms with Crippen LogP contribution in [0.15, 0.2) is 66.0 Å². The fourth-order valence-electron chi connectivity index (χ4n) is 3.54. The van der Waals surface area contributed by atoms with Gasteiger partial charge in [0.2, 0.25) is 0 Å². The molecule has 172 valence electrons. The zero-order valence-electron chi connectivity index (χ0n) is 18.6. The molecule has 0 bridgehead atoms. The van der Waals surface area contributed by atoms with Crippen molar-refractivity contribution >= 4 is 35.0 Å². The molecule has 1 atom stereocenters. The third-order valence-corrected chi connectivity index (χ3v) is 5.95. The number of ether oxygens (including phenoxy) is 2. The minimum Gasteiger partial charge on any atom is -0.448 e. The van der Waals surface area contributed by atoms with Crippen LogP contribution in [0.1, 0.15) is 17.4 Å². The molecular formula is C24H26N4O4S. The molecule has 1 N–H and O–H groups in total. The number of esters is 1. The third-order valence-electron chi connectivity index (χ3n) is 5.30. The number of morpholine rings is 1. The van der Waals surface area contributed by atoms with Crippen molar-refractivity contribution < 1.29 is 19.1 Å². The summed E-state index contributed by atoms with van der Waals surface area (Å²) in [6.45, 7) is 4.66. The Balaban J connectivity index is 1.40. The SMILES string of the molecule is CSc1ncc(C(=O)OC(C)C(=O)Nc2ccc(N3CCOCC3)cc2)n1-c1ccccc1. The third kappa shape index (κ3) is 5.37. The summed E-state index contributed by atoms with van der Waals surface area (Å²) >= 11 is 1.42. The fraction of sp³-hybridized carbons (Fsp3) is 0.292. The number of thioether (sulfide) groups is 1. The molecule has 1 aliphatic heterocycles. The molecule has 1 unspecified atom stereocenters. The van der Waals surface area contributed by atoms with E-state index in [9.17, 15) is 9.59 Å². The molecule has 0 radical (unpaired) electrons. The lowest BCUT2D eigenvalue weighted by atomic mass is 10.2. The average Bonchev–Trinajstić information content (AvgIpc) is 3.30. The summed E-state index contributed by atoms with van der Waals surface area (Å²) in [5.41, 5.74) is 2.78. The van der Waals surface area contributed by atoms with Crippen LogP contribution in [0.5, 0.6) is 0 Å². The molecule has 1 aliphatic rings. The Hall–Kier alpha value is -3.30. The number of benzene rings is 2. The molecule has 2 aromatic carbocycles. The summed E-state index contributed by atoms with van der Waals surface area (Å²) in [4.78, 5) is 32.1. The Morgan fingerprint density at radius 3 is 2.42 bits per heavy atom. The van der Waals surface area contributed by atoms with Crippen molar-refractivity contribution in [2.75, 3.05) is 42.8 Å². The van der Waals surface area contributed by atoms with Crippen molar-refractivity contribution in [3.8, 4) is 5.69 Å². The number of amides is 1. The van der Waals surface area contributed by atoms with Gasteiger partial charge in [-0.15, -0.1) is 0 Å². The lowest BCUT2D eigenvalue weighted by molar-refractivity contribution is -0.123. The van der Waals surface area contributed by atoms with E-state index in [0.717, 1.165) is 24.5 Å². The molecule has 0 spiro atoms. The van der Waals surface area contributed by atoms with Gasteiger partial charge in [-0.05, 0) is 49.6 Å². The zero-order chi connectivity index (χ0) is 23.2. The van der Waals surface area contributed by atoms with Crippen LogP contribution < -0.4 is 10.2 Å². The molecular weight excluding hydrogens is 440 g/mol. The second kappa shape index (κ2) is 10.5. The number of nitrogens with one attached hydrogen (secondary N) is 1. The van der Waals surface area contributed by atoms with Crippen molar-refractivity contribution in [2.24, 2.45) is 0 Å². The predicted molar refractivity (Wildman–Crippen MR) is 128 cm³/mol. The second-order valence-electron chi connectivity index (χ2n) is 7.48. The van der Waals surface area contributed by atoms with Crippen molar-refractivity contribution in [3.05, 3.63) is 66.5 Å². The van der Waals surface area contributed by atoms with Crippen LogP contribution in [0.4, 0.5) is 11.4 Å². The molecule has 1 amide bonds. The van der Waals surface area contributed by atoms with Crippen LogP contribution in [0.25, 0.3) is 5.69 Å². The quantitative estimate of drug-likeness (QED) is 0.420. The molecule has 1 aromatic heterocycles. The summed E-state index contributed by atoms with van der Waals surface area (Å²) in [6, 6.07) is 17.0. The number of imidazole rings is 1. The maximum absolute atomic E-state index is 12.9. The number of hydrogen-bond donors (Lipinski definition) is 1. The number of anilines is 2. The Morgan fingerprint density at radius 2 is 1.76 bits per heavy atom. The highest BCUT2D eigenvalue weighted by Gasteiger charge is 2.24. The normalized spacial score (nSPS) is 14.5. The van der Waals surface area contributed by atoms with E-state index < -0.39 is 18.0 Å². The minimum absolute atomic E-state index is 0.264. The molecule has 0 saturated carbocycles. The first-order valence-electron chi connectivity index (χ1n) is 10.7. The standard InChI is InChI=1S/C24H26N4O4S/c1-17(22(29)26-18-8-10-19(11-9-18)27-12-14-31-15-13-27)32-23(30)21-16-25-24(33-2)28(21)20-6-4-3-5-7-20/h3-11,16-17H,12-15H2,1-2H3,(H,26,29). The molecule has 2 heterocycles.